The second kappa shape index (κ2) is 2.48. The normalized spacial score (nSPS) is 41.0. The predicted octanol–water partition coefficient (Wildman–Crippen LogP) is -0.127. The number of hydrogen-bond acceptors (Lipinski definition) is 2. The van der Waals surface area contributed by atoms with Crippen LogP contribution in [0.25, 0.3) is 0 Å². The Balaban J connectivity index is 1.92. The molecule has 2 N–H and O–H groups in total. The number of carbonyl (C=O) groups excluding carboxylic acids is 1. The third kappa shape index (κ3) is 1.25. The SMILES string of the molecule is CC(=O)N[C@H]1C[C@@H]2C[C@H]1CN2. The molecule has 0 unspecified atom stereocenters. The molecule has 2 aliphatic rings. The zero-order valence-electron chi connectivity index (χ0n) is 6.76. The molecule has 1 saturated heterocycles. The smallest absolute Gasteiger partial charge is 0.217 e. The Bertz CT molecular complexity index is 181. The predicted molar refractivity (Wildman–Crippen MR) is 42.1 cm³/mol. The molecule has 0 spiro atoms. The van der Waals surface area contributed by atoms with Crippen LogP contribution in [0.15, 0.2) is 0 Å². The van der Waals surface area contributed by atoms with Crippen LogP contribution in [0.3, 0.4) is 0 Å². The lowest BCUT2D eigenvalue weighted by Crippen LogP contribution is -2.43. The number of nitrogens with one attached hydrogen (secondary N) is 2. The van der Waals surface area contributed by atoms with Crippen LogP contribution in [0, 0.1) is 5.92 Å². The maximum Gasteiger partial charge on any atom is 0.217 e. The molecule has 1 saturated carbocycles. The van der Waals surface area contributed by atoms with E-state index in [9.17, 15) is 4.79 Å². The van der Waals surface area contributed by atoms with Crippen LogP contribution < -0.4 is 10.6 Å². The molecule has 1 heterocycles. The summed E-state index contributed by atoms with van der Waals surface area (Å²) in [6.07, 6.45) is 2.38. The Morgan fingerprint density at radius 2 is 2.36 bits per heavy atom. The van der Waals surface area contributed by atoms with E-state index in [-0.39, 0.29) is 5.91 Å². The summed E-state index contributed by atoms with van der Waals surface area (Å²) in [6.45, 7) is 2.69. The molecule has 0 aromatic carbocycles. The molecule has 3 heteroatoms. The fourth-order valence-electron chi connectivity index (χ4n) is 2.27. The molecule has 2 rings (SSSR count). The minimum Gasteiger partial charge on any atom is -0.353 e. The van der Waals surface area contributed by atoms with Gasteiger partial charge in [0.25, 0.3) is 0 Å². The average Bonchev–Trinajstić information content (AvgIpc) is 2.45. The molecule has 1 aliphatic heterocycles. The number of piperidine rings is 1. The summed E-state index contributed by atoms with van der Waals surface area (Å²) in [5, 5.41) is 6.40. The molecule has 11 heavy (non-hydrogen) atoms. The molecule has 3 atom stereocenters. The monoisotopic (exact) mass is 154 g/mol. The standard InChI is InChI=1S/C8H14N2O/c1-5(11)10-8-3-7-2-6(8)4-9-7/h6-9H,2-4H2,1H3,(H,10,11)/t6-,7-,8-/m0/s1. The lowest BCUT2D eigenvalue weighted by molar-refractivity contribution is -0.119. The average molecular weight is 154 g/mol. The Morgan fingerprint density at radius 1 is 1.55 bits per heavy atom. The molecular formula is C8H14N2O. The first-order valence-corrected chi connectivity index (χ1v) is 4.26. The van der Waals surface area contributed by atoms with Gasteiger partial charge in [-0.1, -0.05) is 0 Å². The minimum atomic E-state index is 0.113. The minimum absolute atomic E-state index is 0.113. The van der Waals surface area contributed by atoms with E-state index < -0.39 is 0 Å². The zero-order chi connectivity index (χ0) is 7.84. The van der Waals surface area contributed by atoms with Gasteiger partial charge in [-0.3, -0.25) is 4.79 Å². The maximum absolute atomic E-state index is 10.7. The highest BCUT2D eigenvalue weighted by molar-refractivity contribution is 5.73. The van der Waals surface area contributed by atoms with Crippen molar-refractivity contribution in [3.8, 4) is 0 Å². The van der Waals surface area contributed by atoms with Gasteiger partial charge in [-0.2, -0.15) is 0 Å². The quantitative estimate of drug-likeness (QED) is 0.552. The van der Waals surface area contributed by atoms with Crippen molar-refractivity contribution in [2.75, 3.05) is 6.54 Å². The fraction of sp³-hybridized carbons (Fsp3) is 0.875. The number of fused-ring (bicyclic) bond motifs is 2. The lowest BCUT2D eigenvalue weighted by Gasteiger charge is -2.22. The highest BCUT2D eigenvalue weighted by Crippen LogP contribution is 2.30. The maximum atomic E-state index is 10.7. The second-order valence-electron chi connectivity index (χ2n) is 3.64. The van der Waals surface area contributed by atoms with Gasteiger partial charge in [0.15, 0.2) is 0 Å². The molecule has 0 radical (unpaired) electrons. The largest absolute Gasteiger partial charge is 0.353 e. The molecule has 62 valence electrons. The molecular weight excluding hydrogens is 140 g/mol. The summed E-state index contributed by atoms with van der Waals surface area (Å²) < 4.78 is 0. The van der Waals surface area contributed by atoms with Crippen LogP contribution in [-0.4, -0.2) is 24.5 Å². The van der Waals surface area contributed by atoms with E-state index in [0.717, 1.165) is 13.0 Å². The second-order valence-corrected chi connectivity index (χ2v) is 3.64. The molecule has 0 aromatic rings. The first kappa shape index (κ1) is 7.10. The number of rotatable bonds is 1. The van der Waals surface area contributed by atoms with Crippen LogP contribution in [0.2, 0.25) is 0 Å². The van der Waals surface area contributed by atoms with Crippen molar-refractivity contribution >= 4 is 5.91 Å². The zero-order valence-corrected chi connectivity index (χ0v) is 6.76. The Hall–Kier alpha value is -0.570. The molecule has 0 aromatic heterocycles. The number of amides is 1. The summed E-state index contributed by atoms with van der Waals surface area (Å²) in [7, 11) is 0. The van der Waals surface area contributed by atoms with Gasteiger partial charge in [-0.15, -0.1) is 0 Å². The fourth-order valence-corrected chi connectivity index (χ4v) is 2.27. The van der Waals surface area contributed by atoms with Crippen molar-refractivity contribution in [3.05, 3.63) is 0 Å². The summed E-state index contributed by atoms with van der Waals surface area (Å²) in [4.78, 5) is 10.7. The summed E-state index contributed by atoms with van der Waals surface area (Å²) in [6, 6.07) is 1.13. The van der Waals surface area contributed by atoms with E-state index >= 15 is 0 Å². The van der Waals surface area contributed by atoms with Gasteiger partial charge in [0.2, 0.25) is 5.91 Å². The van der Waals surface area contributed by atoms with E-state index in [1.807, 2.05) is 0 Å². The van der Waals surface area contributed by atoms with Crippen LogP contribution >= 0.6 is 0 Å². The van der Waals surface area contributed by atoms with Gasteiger partial charge in [-0.05, 0) is 18.8 Å². The molecule has 1 aliphatic carbocycles. The molecule has 1 amide bonds. The van der Waals surface area contributed by atoms with Crippen molar-refractivity contribution in [1.82, 2.24) is 10.6 Å². The third-order valence-electron chi connectivity index (χ3n) is 2.75. The van der Waals surface area contributed by atoms with Crippen molar-refractivity contribution in [2.24, 2.45) is 5.92 Å². The van der Waals surface area contributed by atoms with E-state index in [1.165, 1.54) is 6.42 Å². The Morgan fingerprint density at radius 3 is 2.82 bits per heavy atom. The van der Waals surface area contributed by atoms with Gasteiger partial charge < -0.3 is 10.6 Å². The highest BCUT2D eigenvalue weighted by atomic mass is 16.1. The van der Waals surface area contributed by atoms with Crippen LogP contribution in [-0.2, 0) is 4.79 Å². The van der Waals surface area contributed by atoms with Gasteiger partial charge in [0, 0.05) is 25.6 Å². The topological polar surface area (TPSA) is 41.1 Å². The first-order valence-electron chi connectivity index (χ1n) is 4.26. The van der Waals surface area contributed by atoms with Crippen molar-refractivity contribution < 1.29 is 4.79 Å². The Labute approximate surface area is 66.5 Å². The van der Waals surface area contributed by atoms with Gasteiger partial charge in [0.1, 0.15) is 0 Å². The van der Waals surface area contributed by atoms with Crippen molar-refractivity contribution in [1.29, 1.82) is 0 Å². The summed E-state index contributed by atoms with van der Waals surface area (Å²) >= 11 is 0. The van der Waals surface area contributed by atoms with E-state index in [4.69, 9.17) is 0 Å². The number of carbonyl (C=O) groups is 1. The van der Waals surface area contributed by atoms with Crippen molar-refractivity contribution in [2.45, 2.75) is 31.8 Å². The van der Waals surface area contributed by atoms with E-state index in [1.54, 1.807) is 6.92 Å². The summed E-state index contributed by atoms with van der Waals surface area (Å²) in [5.41, 5.74) is 0. The molecule has 2 fully saturated rings. The third-order valence-corrected chi connectivity index (χ3v) is 2.75. The van der Waals surface area contributed by atoms with Crippen LogP contribution in [0.4, 0.5) is 0 Å². The highest BCUT2D eigenvalue weighted by Gasteiger charge is 2.39. The molecule has 3 nitrogen and oxygen atoms in total. The van der Waals surface area contributed by atoms with Crippen LogP contribution in [0.5, 0.6) is 0 Å². The summed E-state index contributed by atoms with van der Waals surface area (Å²) in [5.74, 6) is 0.812. The van der Waals surface area contributed by atoms with E-state index in [2.05, 4.69) is 10.6 Å². The molecule has 2 bridgehead atoms. The van der Waals surface area contributed by atoms with Crippen molar-refractivity contribution in [3.63, 3.8) is 0 Å². The van der Waals surface area contributed by atoms with Gasteiger partial charge in [-0.25, -0.2) is 0 Å². The lowest BCUT2D eigenvalue weighted by atomic mass is 10.0. The Kier molecular flexibility index (Phi) is 1.60. The van der Waals surface area contributed by atoms with Gasteiger partial charge >= 0.3 is 0 Å². The van der Waals surface area contributed by atoms with Gasteiger partial charge in [0.05, 0.1) is 0 Å². The first-order chi connectivity index (χ1) is 5.25. The van der Waals surface area contributed by atoms with Crippen LogP contribution in [0.1, 0.15) is 19.8 Å². The number of hydrogen-bond donors (Lipinski definition) is 2. The van der Waals surface area contributed by atoms with E-state index in [0.29, 0.717) is 18.0 Å².